The molecule has 1 aromatic carbocycles. The third kappa shape index (κ3) is 2.02. The fourth-order valence-electron chi connectivity index (χ4n) is 1.90. The van der Waals surface area contributed by atoms with Crippen LogP contribution in [0.2, 0.25) is 0 Å². The van der Waals surface area contributed by atoms with Gasteiger partial charge in [-0.05, 0) is 30.5 Å². The molecular formula is C13H16N2O2. The second-order valence-corrected chi connectivity index (χ2v) is 4.75. The van der Waals surface area contributed by atoms with Crippen molar-refractivity contribution < 1.29 is 9.59 Å². The summed E-state index contributed by atoms with van der Waals surface area (Å²) in [6.45, 7) is 4.61. The van der Waals surface area contributed by atoms with Gasteiger partial charge in [-0.1, -0.05) is 13.8 Å². The molecule has 0 aliphatic carbocycles. The Labute approximate surface area is 100 Å². The van der Waals surface area contributed by atoms with E-state index in [1.165, 1.54) is 4.90 Å². The summed E-state index contributed by atoms with van der Waals surface area (Å²) in [6, 6.07) is 4.85. The summed E-state index contributed by atoms with van der Waals surface area (Å²) in [5, 5.41) is 0. The lowest BCUT2D eigenvalue weighted by molar-refractivity contribution is 0.0648. The van der Waals surface area contributed by atoms with Gasteiger partial charge in [-0.2, -0.15) is 0 Å². The summed E-state index contributed by atoms with van der Waals surface area (Å²) in [5.74, 6) is 0.0352. The summed E-state index contributed by atoms with van der Waals surface area (Å²) in [5.41, 5.74) is 7.03. The third-order valence-electron chi connectivity index (χ3n) is 2.92. The highest BCUT2D eigenvalue weighted by molar-refractivity contribution is 6.21. The number of nitrogens with two attached hydrogens (primary N) is 1. The van der Waals surface area contributed by atoms with E-state index in [0.717, 1.165) is 6.42 Å². The fourth-order valence-corrected chi connectivity index (χ4v) is 1.90. The second-order valence-electron chi connectivity index (χ2n) is 4.75. The highest BCUT2D eigenvalue weighted by Gasteiger charge is 2.35. The van der Waals surface area contributed by atoms with E-state index in [-0.39, 0.29) is 11.8 Å². The van der Waals surface area contributed by atoms with E-state index in [1.54, 1.807) is 18.2 Å². The number of amides is 2. The van der Waals surface area contributed by atoms with Gasteiger partial charge in [0.1, 0.15) is 0 Å². The van der Waals surface area contributed by atoms with Crippen LogP contribution in [0.1, 0.15) is 41.0 Å². The number of carbonyl (C=O) groups is 2. The smallest absolute Gasteiger partial charge is 0.261 e. The maximum Gasteiger partial charge on any atom is 0.261 e. The van der Waals surface area contributed by atoms with Crippen molar-refractivity contribution in [2.45, 2.75) is 20.3 Å². The molecule has 1 aromatic rings. The summed E-state index contributed by atoms with van der Waals surface area (Å²) < 4.78 is 0. The molecule has 0 saturated carbocycles. The quantitative estimate of drug-likeness (QED) is 0.639. The lowest BCUT2D eigenvalue weighted by atomic mass is 10.1. The van der Waals surface area contributed by atoms with Gasteiger partial charge in [0.05, 0.1) is 11.1 Å². The first kappa shape index (κ1) is 11.6. The molecule has 0 spiro atoms. The minimum atomic E-state index is -0.224. The predicted octanol–water partition coefficient (Wildman–Crippen LogP) is 1.91. The van der Waals surface area contributed by atoms with Gasteiger partial charge >= 0.3 is 0 Å². The zero-order chi connectivity index (χ0) is 12.6. The molecule has 2 rings (SSSR count). The summed E-state index contributed by atoms with van der Waals surface area (Å²) >= 11 is 0. The molecule has 0 atom stereocenters. The number of hydrogen-bond donors (Lipinski definition) is 1. The minimum Gasteiger partial charge on any atom is -0.399 e. The molecule has 0 fully saturated rings. The van der Waals surface area contributed by atoms with Crippen LogP contribution in [0, 0.1) is 5.92 Å². The highest BCUT2D eigenvalue weighted by atomic mass is 16.2. The second kappa shape index (κ2) is 4.20. The number of hydrogen-bond acceptors (Lipinski definition) is 3. The molecule has 2 N–H and O–H groups in total. The van der Waals surface area contributed by atoms with Gasteiger partial charge in [0, 0.05) is 12.2 Å². The maximum atomic E-state index is 12.0. The molecule has 1 aliphatic heterocycles. The Morgan fingerprint density at radius 3 is 2.47 bits per heavy atom. The van der Waals surface area contributed by atoms with E-state index < -0.39 is 0 Å². The minimum absolute atomic E-state index is 0.203. The predicted molar refractivity (Wildman–Crippen MR) is 65.7 cm³/mol. The average molecular weight is 232 g/mol. The zero-order valence-corrected chi connectivity index (χ0v) is 10.1. The number of benzene rings is 1. The Bertz CT molecular complexity index is 480. The number of rotatable bonds is 3. The Kier molecular flexibility index (Phi) is 2.88. The van der Waals surface area contributed by atoms with Crippen molar-refractivity contribution >= 4 is 17.5 Å². The molecular weight excluding hydrogens is 216 g/mol. The zero-order valence-electron chi connectivity index (χ0n) is 10.1. The van der Waals surface area contributed by atoms with Crippen LogP contribution in [-0.2, 0) is 0 Å². The first-order chi connectivity index (χ1) is 8.00. The van der Waals surface area contributed by atoms with Crippen LogP contribution in [0.15, 0.2) is 18.2 Å². The van der Waals surface area contributed by atoms with Crippen LogP contribution in [0.5, 0.6) is 0 Å². The first-order valence-corrected chi connectivity index (χ1v) is 5.76. The van der Waals surface area contributed by atoms with Crippen LogP contribution in [0.25, 0.3) is 0 Å². The Balaban J connectivity index is 2.26. The normalized spacial score (nSPS) is 14.6. The molecule has 17 heavy (non-hydrogen) atoms. The average Bonchev–Trinajstić information content (AvgIpc) is 2.49. The Morgan fingerprint density at radius 2 is 1.82 bits per heavy atom. The lowest BCUT2D eigenvalue weighted by Gasteiger charge is -2.14. The SMILES string of the molecule is CC(C)CCN1C(=O)c2ccc(N)cc2C1=O. The van der Waals surface area contributed by atoms with E-state index >= 15 is 0 Å². The van der Waals surface area contributed by atoms with Crippen LogP contribution >= 0.6 is 0 Å². The Hall–Kier alpha value is -1.84. The number of carbonyl (C=O) groups excluding carboxylic acids is 2. The number of fused-ring (bicyclic) bond motifs is 1. The van der Waals surface area contributed by atoms with Gasteiger partial charge in [-0.25, -0.2) is 0 Å². The van der Waals surface area contributed by atoms with Crippen molar-refractivity contribution in [3.05, 3.63) is 29.3 Å². The van der Waals surface area contributed by atoms with Gasteiger partial charge in [-0.15, -0.1) is 0 Å². The van der Waals surface area contributed by atoms with Crippen LogP contribution in [0.3, 0.4) is 0 Å². The number of nitrogens with zero attached hydrogens (tertiary/aromatic N) is 1. The van der Waals surface area contributed by atoms with E-state index in [2.05, 4.69) is 13.8 Å². The largest absolute Gasteiger partial charge is 0.399 e. The molecule has 1 aliphatic rings. The van der Waals surface area contributed by atoms with Crippen LogP contribution in [-0.4, -0.2) is 23.3 Å². The van der Waals surface area contributed by atoms with Gasteiger partial charge in [0.15, 0.2) is 0 Å². The van der Waals surface area contributed by atoms with Crippen LogP contribution in [0.4, 0.5) is 5.69 Å². The topological polar surface area (TPSA) is 63.4 Å². The van der Waals surface area contributed by atoms with Crippen molar-refractivity contribution in [3.8, 4) is 0 Å². The molecule has 0 unspecified atom stereocenters. The molecule has 2 amide bonds. The molecule has 0 aromatic heterocycles. The van der Waals surface area contributed by atoms with Crippen molar-refractivity contribution in [2.24, 2.45) is 5.92 Å². The summed E-state index contributed by atoms with van der Waals surface area (Å²) in [4.78, 5) is 25.3. The molecule has 90 valence electrons. The fraction of sp³-hybridized carbons (Fsp3) is 0.385. The molecule has 0 saturated heterocycles. The van der Waals surface area contributed by atoms with E-state index in [4.69, 9.17) is 5.73 Å². The van der Waals surface area contributed by atoms with E-state index in [9.17, 15) is 9.59 Å². The summed E-state index contributed by atoms with van der Waals surface area (Å²) in [6.07, 6.45) is 0.820. The van der Waals surface area contributed by atoms with Gasteiger partial charge in [-0.3, -0.25) is 14.5 Å². The van der Waals surface area contributed by atoms with Gasteiger partial charge in [0.25, 0.3) is 11.8 Å². The standard InChI is InChI=1S/C13H16N2O2/c1-8(2)5-6-15-12(16)10-4-3-9(14)7-11(10)13(15)17/h3-4,7-8H,5-6,14H2,1-2H3. The highest BCUT2D eigenvalue weighted by Crippen LogP contribution is 2.25. The summed E-state index contributed by atoms with van der Waals surface area (Å²) in [7, 11) is 0. The Morgan fingerprint density at radius 1 is 1.18 bits per heavy atom. The van der Waals surface area contributed by atoms with Crippen molar-refractivity contribution in [1.29, 1.82) is 0 Å². The van der Waals surface area contributed by atoms with Crippen LogP contribution < -0.4 is 5.73 Å². The number of imide groups is 1. The maximum absolute atomic E-state index is 12.0. The van der Waals surface area contributed by atoms with E-state index in [0.29, 0.717) is 29.3 Å². The number of anilines is 1. The monoisotopic (exact) mass is 232 g/mol. The first-order valence-electron chi connectivity index (χ1n) is 5.76. The molecule has 4 nitrogen and oxygen atoms in total. The van der Waals surface area contributed by atoms with E-state index in [1.807, 2.05) is 0 Å². The van der Waals surface area contributed by atoms with Crippen molar-refractivity contribution in [3.63, 3.8) is 0 Å². The van der Waals surface area contributed by atoms with Crippen molar-refractivity contribution in [2.75, 3.05) is 12.3 Å². The molecule has 0 bridgehead atoms. The molecule has 1 heterocycles. The molecule has 0 radical (unpaired) electrons. The number of nitrogen functional groups attached to an aromatic ring is 1. The van der Waals surface area contributed by atoms with Gasteiger partial charge < -0.3 is 5.73 Å². The molecule has 4 heteroatoms. The van der Waals surface area contributed by atoms with Crippen molar-refractivity contribution in [1.82, 2.24) is 4.90 Å². The third-order valence-corrected chi connectivity index (χ3v) is 2.92. The van der Waals surface area contributed by atoms with Gasteiger partial charge in [0.2, 0.25) is 0 Å². The lowest BCUT2D eigenvalue weighted by Crippen LogP contribution is -2.31.